The van der Waals surface area contributed by atoms with Crippen LogP contribution in [0.3, 0.4) is 0 Å². The highest BCUT2D eigenvalue weighted by atomic mass is 19.4. The first kappa shape index (κ1) is 33.2. The molecule has 1 rings (SSSR count). The highest BCUT2D eigenvalue weighted by molar-refractivity contribution is 5.98. The first-order chi connectivity index (χ1) is 16.6. The van der Waals surface area contributed by atoms with Gasteiger partial charge in [0.2, 0.25) is 0 Å². The number of carbonyl (C=O) groups excluding carboxylic acids is 1. The molecule has 0 bridgehead atoms. The summed E-state index contributed by atoms with van der Waals surface area (Å²) in [6.07, 6.45) is -38.7. The lowest BCUT2D eigenvalue weighted by molar-refractivity contribution is -0.548. The fourth-order valence-corrected chi connectivity index (χ4v) is 2.11. The van der Waals surface area contributed by atoms with E-state index in [1.54, 1.807) is 0 Å². The summed E-state index contributed by atoms with van der Waals surface area (Å²) >= 11 is 0. The summed E-state index contributed by atoms with van der Waals surface area (Å²) in [6.45, 7) is 0. The highest BCUT2D eigenvalue weighted by Gasteiger charge is 2.85. The molecule has 0 aliphatic carbocycles. The van der Waals surface area contributed by atoms with E-state index in [2.05, 4.69) is 4.74 Å². The molecule has 0 aliphatic heterocycles. The van der Waals surface area contributed by atoms with Crippen molar-refractivity contribution in [3.05, 3.63) is 24.3 Å². The van der Waals surface area contributed by atoms with Gasteiger partial charge in [-0.05, 0) is 12.1 Å². The van der Waals surface area contributed by atoms with Crippen LogP contribution in [0.5, 0.6) is 5.75 Å². The molecule has 22 heteroatoms. The van der Waals surface area contributed by atoms with Gasteiger partial charge in [0.25, 0.3) is 5.91 Å². The summed E-state index contributed by atoms with van der Waals surface area (Å²) in [5, 5.41) is 0.835. The summed E-state index contributed by atoms with van der Waals surface area (Å²) in [5.41, 5.74) is -1.03. The van der Waals surface area contributed by atoms with Crippen LogP contribution in [0.1, 0.15) is 0 Å². The number of hydrogen-bond acceptors (Lipinski definition) is 4. The van der Waals surface area contributed by atoms with Gasteiger partial charge in [0.1, 0.15) is 5.75 Å². The second-order valence-corrected chi connectivity index (χ2v) is 6.65. The number of rotatable bonds is 9. The number of nitrogens with one attached hydrogen (secondary N) is 1. The molecule has 1 aromatic rings. The zero-order chi connectivity index (χ0) is 30.4. The molecule has 0 fully saturated rings. The van der Waals surface area contributed by atoms with Gasteiger partial charge in [0.15, 0.2) is 0 Å². The lowest BCUT2D eigenvalue weighted by Gasteiger charge is -2.40. The minimum absolute atomic E-state index is 0.573. The van der Waals surface area contributed by atoms with E-state index < -0.39 is 65.7 Å². The van der Waals surface area contributed by atoms with E-state index in [0.29, 0.717) is 6.07 Å². The van der Waals surface area contributed by atoms with Crippen LogP contribution in [-0.2, 0) is 14.3 Å². The van der Waals surface area contributed by atoms with Crippen LogP contribution >= 0.6 is 0 Å². The van der Waals surface area contributed by atoms with Crippen molar-refractivity contribution in [1.29, 1.82) is 0 Å². The molecule has 5 nitrogen and oxygen atoms in total. The Hall–Kier alpha value is -2.78. The van der Waals surface area contributed by atoms with Crippen LogP contribution < -0.4 is 10.1 Å². The third kappa shape index (κ3) is 5.78. The molecule has 0 spiro atoms. The van der Waals surface area contributed by atoms with Crippen molar-refractivity contribution < 1.29 is 93.6 Å². The summed E-state index contributed by atoms with van der Waals surface area (Å²) in [6, 6.07) is 3.32. The number of hydrogen-bond donors (Lipinski definition) is 1. The van der Waals surface area contributed by atoms with Gasteiger partial charge in [-0.2, -0.15) is 74.6 Å². The Morgan fingerprint density at radius 2 is 1.13 bits per heavy atom. The second-order valence-electron chi connectivity index (χ2n) is 6.65. The van der Waals surface area contributed by atoms with Gasteiger partial charge in [-0.1, -0.05) is 12.1 Å². The van der Waals surface area contributed by atoms with Crippen LogP contribution in [0.4, 0.5) is 80.3 Å². The number of halogens is 17. The minimum Gasteiger partial charge on any atom is -0.495 e. The van der Waals surface area contributed by atoms with E-state index in [0.717, 1.165) is 30.6 Å². The Labute approximate surface area is 197 Å². The molecule has 0 saturated heterocycles. The summed E-state index contributed by atoms with van der Waals surface area (Å²) < 4.78 is 231. The van der Waals surface area contributed by atoms with E-state index in [-0.39, 0.29) is 0 Å². The van der Waals surface area contributed by atoms with E-state index in [1.165, 1.54) is 4.74 Å². The molecule has 38 heavy (non-hydrogen) atoms. The number of methoxy groups -OCH3 is 1. The number of anilines is 1. The standard InChI is InChI=1S/C16H8F17NO4/c1-36-7-5-3-2-4-6(7)34-8(35)9(17,12(21,22)23)37-16(32,33)11(20,14(27,28)29)38-15(30,31)10(18,19)13(24,25)26/h2-5H,1H3,(H,34,35)/t9-,11-/m1/s1. The summed E-state index contributed by atoms with van der Waals surface area (Å²) in [7, 11) is 0.775. The predicted octanol–water partition coefficient (Wildman–Crippen LogP) is 6.51. The molecule has 0 radical (unpaired) electrons. The lowest BCUT2D eigenvalue weighted by Crippen LogP contribution is -2.68. The molecule has 2 atom stereocenters. The molecule has 0 aromatic heterocycles. The number of alkyl halides is 17. The van der Waals surface area contributed by atoms with Crippen molar-refractivity contribution in [2.45, 2.75) is 48.4 Å². The highest BCUT2D eigenvalue weighted by Crippen LogP contribution is 2.56. The average molecular weight is 601 g/mol. The second kappa shape index (κ2) is 9.75. The van der Waals surface area contributed by atoms with Crippen LogP contribution in [0.15, 0.2) is 24.3 Å². The molecule has 220 valence electrons. The first-order valence-electron chi connectivity index (χ1n) is 8.67. The van der Waals surface area contributed by atoms with Crippen LogP contribution in [-0.4, -0.2) is 61.4 Å². The largest absolute Gasteiger partial charge is 0.495 e. The Morgan fingerprint density at radius 1 is 0.658 bits per heavy atom. The van der Waals surface area contributed by atoms with E-state index in [1.807, 2.05) is 4.74 Å². The molecular formula is C16H8F17NO4. The fraction of sp³-hybridized carbons (Fsp3) is 0.562. The maximum absolute atomic E-state index is 14.5. The van der Waals surface area contributed by atoms with E-state index in [9.17, 15) is 79.4 Å². The summed E-state index contributed by atoms with van der Waals surface area (Å²) in [5.74, 6) is -27.0. The van der Waals surface area contributed by atoms with Crippen LogP contribution in [0.25, 0.3) is 0 Å². The number of amides is 1. The normalized spacial score (nSPS) is 17.4. The third-order valence-corrected chi connectivity index (χ3v) is 4.01. The smallest absolute Gasteiger partial charge is 0.462 e. The number of ether oxygens (including phenoxy) is 3. The average Bonchev–Trinajstić information content (AvgIpc) is 2.70. The van der Waals surface area contributed by atoms with Crippen molar-refractivity contribution in [1.82, 2.24) is 0 Å². The maximum atomic E-state index is 14.5. The number of para-hydroxylation sites is 2. The van der Waals surface area contributed by atoms with Gasteiger partial charge in [0, 0.05) is 0 Å². The van der Waals surface area contributed by atoms with Gasteiger partial charge >= 0.3 is 48.4 Å². The molecule has 0 saturated carbocycles. The quantitative estimate of drug-likeness (QED) is 0.329. The van der Waals surface area contributed by atoms with Crippen LogP contribution in [0.2, 0.25) is 0 Å². The van der Waals surface area contributed by atoms with Gasteiger partial charge in [-0.3, -0.25) is 14.3 Å². The zero-order valence-electron chi connectivity index (χ0n) is 17.4. The molecule has 0 heterocycles. The van der Waals surface area contributed by atoms with Crippen molar-refractivity contribution in [2.24, 2.45) is 0 Å². The Bertz CT molecular complexity index is 1000. The topological polar surface area (TPSA) is 56.8 Å². The maximum Gasteiger partial charge on any atom is 0.462 e. The molecular weight excluding hydrogens is 593 g/mol. The van der Waals surface area contributed by atoms with Crippen molar-refractivity contribution >= 4 is 11.6 Å². The lowest BCUT2D eigenvalue weighted by atomic mass is 10.2. The van der Waals surface area contributed by atoms with Crippen molar-refractivity contribution in [3.8, 4) is 5.75 Å². The Kier molecular flexibility index (Phi) is 8.54. The third-order valence-electron chi connectivity index (χ3n) is 4.01. The van der Waals surface area contributed by atoms with Crippen molar-refractivity contribution in [3.63, 3.8) is 0 Å². The fourth-order valence-electron chi connectivity index (χ4n) is 2.11. The first-order valence-corrected chi connectivity index (χ1v) is 8.67. The predicted molar refractivity (Wildman–Crippen MR) is 84.5 cm³/mol. The molecule has 1 amide bonds. The Morgan fingerprint density at radius 3 is 1.53 bits per heavy atom. The van der Waals surface area contributed by atoms with Crippen LogP contribution in [0, 0.1) is 0 Å². The van der Waals surface area contributed by atoms with Gasteiger partial charge in [-0.25, -0.2) is 0 Å². The molecule has 1 N–H and O–H groups in total. The minimum atomic E-state index is -8.08. The Balaban J connectivity index is 3.66. The van der Waals surface area contributed by atoms with Crippen molar-refractivity contribution in [2.75, 3.05) is 12.4 Å². The molecule has 0 unspecified atom stereocenters. The molecule has 0 aliphatic rings. The van der Waals surface area contributed by atoms with Gasteiger partial charge in [-0.15, -0.1) is 0 Å². The van der Waals surface area contributed by atoms with Gasteiger partial charge < -0.3 is 10.1 Å². The number of carbonyl (C=O) groups is 1. The number of benzene rings is 1. The van der Waals surface area contributed by atoms with E-state index >= 15 is 0 Å². The van der Waals surface area contributed by atoms with E-state index in [4.69, 9.17) is 0 Å². The van der Waals surface area contributed by atoms with Gasteiger partial charge in [0.05, 0.1) is 12.8 Å². The molecule has 1 aromatic carbocycles. The zero-order valence-corrected chi connectivity index (χ0v) is 17.4. The monoisotopic (exact) mass is 601 g/mol. The summed E-state index contributed by atoms with van der Waals surface area (Å²) in [4.78, 5) is 11.8. The SMILES string of the molecule is COc1ccccc1NC(=O)[C@@](F)(OC(F)(F)[C@](F)(OC(F)(F)C(F)(F)C(F)(F)F)C(F)(F)F)C(F)(F)F.